The van der Waals surface area contributed by atoms with E-state index in [1.54, 1.807) is 4.90 Å². The SMILES string of the molecule is CN(Cc1cccc2[nH]ccc12)C(=O)c1nn(-c2ccc(Cl)cc2)c2c1CCC2. The molecule has 146 valence electrons. The summed E-state index contributed by atoms with van der Waals surface area (Å²) in [7, 11) is 1.84. The van der Waals surface area contributed by atoms with Crippen LogP contribution in [0.25, 0.3) is 16.6 Å². The van der Waals surface area contributed by atoms with Crippen LogP contribution in [0, 0.1) is 0 Å². The molecule has 0 saturated heterocycles. The lowest BCUT2D eigenvalue weighted by molar-refractivity contribution is 0.0778. The Labute approximate surface area is 173 Å². The Morgan fingerprint density at radius 2 is 2.00 bits per heavy atom. The monoisotopic (exact) mass is 404 g/mol. The van der Waals surface area contributed by atoms with Crippen LogP contribution in [-0.2, 0) is 19.4 Å². The molecule has 1 aliphatic rings. The van der Waals surface area contributed by atoms with Crippen molar-refractivity contribution in [3.8, 4) is 5.69 Å². The Hall–Kier alpha value is -3.05. The number of fused-ring (bicyclic) bond motifs is 2. The third-order valence-electron chi connectivity index (χ3n) is 5.64. The Morgan fingerprint density at radius 3 is 2.83 bits per heavy atom. The predicted octanol–water partition coefficient (Wildman–Crippen LogP) is 4.77. The third-order valence-corrected chi connectivity index (χ3v) is 5.90. The number of carbonyl (C=O) groups excluding carboxylic acids is 1. The first kappa shape index (κ1) is 18.0. The van der Waals surface area contributed by atoms with Crippen LogP contribution in [0.15, 0.2) is 54.7 Å². The number of nitrogens with one attached hydrogen (secondary N) is 1. The zero-order valence-electron chi connectivity index (χ0n) is 16.2. The molecular weight excluding hydrogens is 384 g/mol. The van der Waals surface area contributed by atoms with E-state index in [4.69, 9.17) is 16.7 Å². The standard InChI is InChI=1S/C23H21ClN4O/c1-27(14-15-4-2-6-20-18(15)12-13-25-20)23(29)22-19-5-3-7-21(19)28(26-22)17-10-8-16(24)9-11-17/h2,4,6,8-13,25H,3,5,7,14H2,1H3. The van der Waals surface area contributed by atoms with E-state index in [9.17, 15) is 4.79 Å². The number of amides is 1. The van der Waals surface area contributed by atoms with Gasteiger partial charge in [0.1, 0.15) is 0 Å². The summed E-state index contributed by atoms with van der Waals surface area (Å²) in [5.74, 6) is -0.0385. The highest BCUT2D eigenvalue weighted by Gasteiger charge is 2.28. The van der Waals surface area contributed by atoms with E-state index in [0.29, 0.717) is 17.3 Å². The van der Waals surface area contributed by atoms with Gasteiger partial charge in [-0.2, -0.15) is 5.10 Å². The number of halogens is 1. The van der Waals surface area contributed by atoms with Crippen LogP contribution in [-0.4, -0.2) is 32.6 Å². The van der Waals surface area contributed by atoms with E-state index < -0.39 is 0 Å². The van der Waals surface area contributed by atoms with E-state index in [2.05, 4.69) is 17.1 Å². The molecule has 5 rings (SSSR count). The van der Waals surface area contributed by atoms with E-state index in [-0.39, 0.29) is 5.91 Å². The lowest BCUT2D eigenvalue weighted by Crippen LogP contribution is -2.27. The predicted molar refractivity (Wildman–Crippen MR) is 115 cm³/mol. The van der Waals surface area contributed by atoms with Crippen LogP contribution in [0.3, 0.4) is 0 Å². The molecule has 0 saturated carbocycles. The number of H-pyrrole nitrogens is 1. The molecule has 29 heavy (non-hydrogen) atoms. The van der Waals surface area contributed by atoms with Gasteiger partial charge in [0, 0.05) is 47.0 Å². The van der Waals surface area contributed by atoms with E-state index in [1.165, 1.54) is 0 Å². The number of nitrogens with zero attached hydrogens (tertiary/aromatic N) is 3. The molecule has 4 aromatic rings. The third kappa shape index (κ3) is 3.12. The molecule has 0 fully saturated rings. The normalized spacial score (nSPS) is 13.0. The highest BCUT2D eigenvalue weighted by atomic mass is 35.5. The number of aromatic nitrogens is 3. The van der Waals surface area contributed by atoms with Gasteiger partial charge in [-0.15, -0.1) is 0 Å². The lowest BCUT2D eigenvalue weighted by Gasteiger charge is -2.17. The zero-order chi connectivity index (χ0) is 20.0. The van der Waals surface area contributed by atoms with Crippen molar-refractivity contribution in [2.75, 3.05) is 7.05 Å². The van der Waals surface area contributed by atoms with Gasteiger partial charge in [0.15, 0.2) is 5.69 Å². The fourth-order valence-electron chi connectivity index (χ4n) is 4.20. The van der Waals surface area contributed by atoms with Gasteiger partial charge in [-0.3, -0.25) is 4.79 Å². The molecule has 0 bridgehead atoms. The van der Waals surface area contributed by atoms with Crippen molar-refractivity contribution in [1.29, 1.82) is 0 Å². The molecule has 0 atom stereocenters. The molecule has 2 heterocycles. The summed E-state index contributed by atoms with van der Waals surface area (Å²) in [5, 5.41) is 6.55. The van der Waals surface area contributed by atoms with Crippen molar-refractivity contribution < 1.29 is 4.79 Å². The number of hydrogen-bond donors (Lipinski definition) is 1. The topological polar surface area (TPSA) is 53.9 Å². The van der Waals surface area contributed by atoms with Crippen molar-refractivity contribution in [2.45, 2.75) is 25.8 Å². The zero-order valence-corrected chi connectivity index (χ0v) is 16.9. The molecule has 2 aromatic carbocycles. The maximum atomic E-state index is 13.3. The maximum Gasteiger partial charge on any atom is 0.274 e. The highest BCUT2D eigenvalue weighted by Crippen LogP contribution is 2.29. The van der Waals surface area contributed by atoms with Crippen LogP contribution in [0.5, 0.6) is 0 Å². The van der Waals surface area contributed by atoms with Crippen molar-refractivity contribution in [2.24, 2.45) is 0 Å². The largest absolute Gasteiger partial charge is 0.361 e. The van der Waals surface area contributed by atoms with Crippen LogP contribution in [0.2, 0.25) is 5.02 Å². The molecule has 0 radical (unpaired) electrons. The number of rotatable bonds is 4. The van der Waals surface area contributed by atoms with Gasteiger partial charge < -0.3 is 9.88 Å². The van der Waals surface area contributed by atoms with Gasteiger partial charge >= 0.3 is 0 Å². The maximum absolute atomic E-state index is 13.3. The molecule has 1 amide bonds. The van der Waals surface area contributed by atoms with E-state index in [1.807, 2.05) is 54.3 Å². The number of hydrogen-bond acceptors (Lipinski definition) is 2. The van der Waals surface area contributed by atoms with E-state index >= 15 is 0 Å². The van der Waals surface area contributed by atoms with Crippen molar-refractivity contribution >= 4 is 28.4 Å². The first-order valence-electron chi connectivity index (χ1n) is 9.79. The molecule has 2 aromatic heterocycles. The molecule has 0 aliphatic heterocycles. The molecule has 0 spiro atoms. The van der Waals surface area contributed by atoms with Gasteiger partial charge in [0.2, 0.25) is 0 Å². The number of carbonyl (C=O) groups is 1. The second kappa shape index (κ2) is 7.08. The van der Waals surface area contributed by atoms with Crippen molar-refractivity contribution in [1.82, 2.24) is 19.7 Å². The summed E-state index contributed by atoms with van der Waals surface area (Å²) in [6.45, 7) is 0.538. The summed E-state index contributed by atoms with van der Waals surface area (Å²) in [5.41, 5.74) is 5.92. The summed E-state index contributed by atoms with van der Waals surface area (Å²) >= 11 is 6.03. The van der Waals surface area contributed by atoms with Crippen LogP contribution < -0.4 is 0 Å². The Kier molecular flexibility index (Phi) is 4.40. The molecule has 6 heteroatoms. The quantitative estimate of drug-likeness (QED) is 0.532. The molecule has 1 N–H and O–H groups in total. The molecule has 5 nitrogen and oxygen atoms in total. The number of benzene rings is 2. The number of aromatic amines is 1. The fraction of sp³-hybridized carbons (Fsp3) is 0.217. The first-order chi connectivity index (χ1) is 14.1. The van der Waals surface area contributed by atoms with Crippen molar-refractivity contribution in [3.63, 3.8) is 0 Å². The lowest BCUT2D eigenvalue weighted by atomic mass is 10.1. The summed E-state index contributed by atoms with van der Waals surface area (Å²) in [6.07, 6.45) is 4.81. The first-order valence-corrected chi connectivity index (χ1v) is 10.2. The van der Waals surface area contributed by atoms with Crippen LogP contribution in [0.1, 0.15) is 33.7 Å². The minimum Gasteiger partial charge on any atom is -0.361 e. The van der Waals surface area contributed by atoms with E-state index in [0.717, 1.165) is 52.7 Å². The summed E-state index contributed by atoms with van der Waals surface area (Å²) in [6, 6.07) is 15.8. The van der Waals surface area contributed by atoms with Crippen LogP contribution >= 0.6 is 11.6 Å². The average Bonchev–Trinajstić information content (AvgIpc) is 3.45. The van der Waals surface area contributed by atoms with Gasteiger partial charge in [-0.25, -0.2) is 4.68 Å². The summed E-state index contributed by atoms with van der Waals surface area (Å²) < 4.78 is 1.91. The fourth-order valence-corrected chi connectivity index (χ4v) is 4.33. The minimum absolute atomic E-state index is 0.0385. The summed E-state index contributed by atoms with van der Waals surface area (Å²) in [4.78, 5) is 18.3. The second-order valence-corrected chi connectivity index (χ2v) is 7.97. The van der Waals surface area contributed by atoms with Gasteiger partial charge in [0.25, 0.3) is 5.91 Å². The van der Waals surface area contributed by atoms with Gasteiger partial charge in [-0.1, -0.05) is 23.7 Å². The van der Waals surface area contributed by atoms with Gasteiger partial charge in [0.05, 0.1) is 5.69 Å². The molecule has 1 aliphatic carbocycles. The highest BCUT2D eigenvalue weighted by molar-refractivity contribution is 6.30. The molecular formula is C23H21ClN4O. The second-order valence-electron chi connectivity index (χ2n) is 7.53. The smallest absolute Gasteiger partial charge is 0.274 e. The van der Waals surface area contributed by atoms with Crippen molar-refractivity contribution in [3.05, 3.63) is 82.3 Å². The Bertz CT molecular complexity index is 1210. The Balaban J connectivity index is 1.47. The Morgan fingerprint density at radius 1 is 1.17 bits per heavy atom. The average molecular weight is 405 g/mol. The van der Waals surface area contributed by atoms with Gasteiger partial charge in [-0.05, 0) is 61.2 Å². The minimum atomic E-state index is -0.0385. The van der Waals surface area contributed by atoms with Crippen LogP contribution in [0.4, 0.5) is 0 Å². The molecule has 0 unspecified atom stereocenters.